The molecule has 1 aliphatic rings. The van der Waals surface area contributed by atoms with Crippen molar-refractivity contribution in [3.63, 3.8) is 0 Å². The van der Waals surface area contributed by atoms with Crippen LogP contribution in [-0.2, 0) is 4.79 Å². The highest BCUT2D eigenvalue weighted by Crippen LogP contribution is 2.34. The molecule has 2 aromatic carbocycles. The fourth-order valence-electron chi connectivity index (χ4n) is 2.23. The van der Waals surface area contributed by atoms with Gasteiger partial charge in [0.15, 0.2) is 0 Å². The quantitative estimate of drug-likeness (QED) is 0.680. The smallest absolute Gasteiger partial charge is 0.246 e. The van der Waals surface area contributed by atoms with Crippen molar-refractivity contribution in [2.75, 3.05) is 11.9 Å². The first-order chi connectivity index (χ1) is 10.5. The minimum Gasteiger partial charge on any atom is -0.324 e. The summed E-state index contributed by atoms with van der Waals surface area (Å²) in [5.74, 6) is -1.88. The van der Waals surface area contributed by atoms with E-state index in [0.717, 1.165) is 12.1 Å². The molecule has 3 nitrogen and oxygen atoms in total. The van der Waals surface area contributed by atoms with Gasteiger partial charge in [-0.25, -0.2) is 8.78 Å². The van der Waals surface area contributed by atoms with E-state index in [4.69, 9.17) is 11.6 Å². The monoisotopic (exact) mass is 432 g/mol. The number of fused-ring (bicyclic) bond motifs is 1. The maximum atomic E-state index is 14.1. The van der Waals surface area contributed by atoms with Gasteiger partial charge in [-0.1, -0.05) is 17.7 Å². The lowest BCUT2D eigenvalue weighted by Crippen LogP contribution is -2.13. The Bertz CT molecular complexity index is 803. The summed E-state index contributed by atoms with van der Waals surface area (Å²) in [5, 5.41) is 2.94. The largest absolute Gasteiger partial charge is 0.324 e. The molecule has 0 saturated heterocycles. The Morgan fingerprint density at radius 3 is 2.50 bits per heavy atom. The van der Waals surface area contributed by atoms with Crippen molar-refractivity contribution < 1.29 is 13.6 Å². The lowest BCUT2D eigenvalue weighted by atomic mass is 9.99. The Balaban J connectivity index is 2.34. The van der Waals surface area contributed by atoms with Crippen LogP contribution < -0.4 is 5.32 Å². The zero-order valence-electron chi connectivity index (χ0n) is 11.0. The predicted octanol–water partition coefficient (Wildman–Crippen LogP) is 4.01. The number of benzodiazepines with no additional fused rings is 1. The predicted molar refractivity (Wildman–Crippen MR) is 89.7 cm³/mol. The average Bonchev–Trinajstić information content (AvgIpc) is 2.63. The van der Waals surface area contributed by atoms with E-state index in [1.165, 1.54) is 6.07 Å². The van der Waals surface area contributed by atoms with E-state index < -0.39 is 11.6 Å². The molecule has 3 rings (SSSR count). The molecule has 0 atom stereocenters. The maximum Gasteiger partial charge on any atom is 0.246 e. The molecule has 0 unspecified atom stereocenters. The molecule has 0 spiro atoms. The molecule has 112 valence electrons. The van der Waals surface area contributed by atoms with E-state index in [2.05, 4.69) is 10.3 Å². The number of amides is 1. The highest BCUT2D eigenvalue weighted by molar-refractivity contribution is 14.1. The molecule has 0 aromatic heterocycles. The second kappa shape index (κ2) is 5.92. The molecule has 0 radical (unpaired) electrons. The number of halogens is 4. The van der Waals surface area contributed by atoms with Gasteiger partial charge in [-0.2, -0.15) is 0 Å². The highest BCUT2D eigenvalue weighted by atomic mass is 127. The Morgan fingerprint density at radius 2 is 1.82 bits per heavy atom. The number of hydrogen-bond acceptors (Lipinski definition) is 2. The third kappa shape index (κ3) is 2.61. The molecule has 7 heteroatoms. The summed E-state index contributed by atoms with van der Waals surface area (Å²) in [4.78, 5) is 15.8. The van der Waals surface area contributed by atoms with Crippen LogP contribution in [0, 0.1) is 15.2 Å². The molecule has 0 aliphatic carbocycles. The lowest BCUT2D eigenvalue weighted by Gasteiger charge is -2.14. The molecular weight excluding hydrogens is 425 g/mol. The van der Waals surface area contributed by atoms with Crippen molar-refractivity contribution in [3.8, 4) is 0 Å². The third-order valence-electron chi connectivity index (χ3n) is 3.19. The minimum absolute atomic E-state index is 0.0347. The fraction of sp³-hybridized carbons (Fsp3) is 0.0667. The number of benzene rings is 2. The van der Waals surface area contributed by atoms with Crippen molar-refractivity contribution in [2.24, 2.45) is 4.99 Å². The summed E-state index contributed by atoms with van der Waals surface area (Å²) in [6, 6.07) is 6.90. The van der Waals surface area contributed by atoms with Crippen LogP contribution in [0.5, 0.6) is 0 Å². The molecule has 22 heavy (non-hydrogen) atoms. The van der Waals surface area contributed by atoms with Crippen LogP contribution in [0.25, 0.3) is 0 Å². The first-order valence-corrected chi connectivity index (χ1v) is 7.71. The van der Waals surface area contributed by atoms with Gasteiger partial charge in [-0.3, -0.25) is 9.79 Å². The number of hydrogen-bond donors (Lipinski definition) is 1. The summed E-state index contributed by atoms with van der Waals surface area (Å²) in [7, 11) is 0. The summed E-state index contributed by atoms with van der Waals surface area (Å²) in [6.07, 6.45) is 0. The van der Waals surface area contributed by atoms with E-state index in [1.807, 2.05) is 22.6 Å². The Hall–Kier alpha value is -1.54. The molecule has 0 bridgehead atoms. The Labute approximate surface area is 143 Å². The molecule has 1 N–H and O–H groups in total. The Morgan fingerprint density at radius 1 is 1.14 bits per heavy atom. The molecular formula is C15H8ClF2IN2O. The van der Waals surface area contributed by atoms with Gasteiger partial charge in [-0.15, -0.1) is 0 Å². The van der Waals surface area contributed by atoms with Crippen molar-refractivity contribution in [3.05, 3.63) is 61.7 Å². The SMILES string of the molecule is O=C1CN=C(c2c(F)cccc2F)c2c(ccc(I)c2Cl)N1. The zero-order chi connectivity index (χ0) is 15.9. The van der Waals surface area contributed by atoms with Crippen LogP contribution in [0.4, 0.5) is 14.5 Å². The normalized spacial score (nSPS) is 14.0. The van der Waals surface area contributed by atoms with Gasteiger partial charge in [0, 0.05) is 9.13 Å². The molecule has 1 amide bonds. The second-order valence-corrected chi connectivity index (χ2v) is 6.13. The van der Waals surface area contributed by atoms with Crippen molar-refractivity contribution in [1.29, 1.82) is 0 Å². The highest BCUT2D eigenvalue weighted by Gasteiger charge is 2.26. The molecule has 0 fully saturated rings. The number of nitrogens with zero attached hydrogens (tertiary/aromatic N) is 1. The minimum atomic E-state index is -0.756. The van der Waals surface area contributed by atoms with Crippen LogP contribution in [-0.4, -0.2) is 18.2 Å². The standard InChI is InChI=1S/C15H8ClF2IN2O/c16-14-9(19)4-5-10-13(14)15(20-6-11(22)21-10)12-7(17)2-1-3-8(12)18/h1-5H,6H2,(H,21,22). The van der Waals surface area contributed by atoms with Crippen LogP contribution >= 0.6 is 34.2 Å². The number of rotatable bonds is 1. The Kier molecular flexibility index (Phi) is 4.14. The lowest BCUT2D eigenvalue weighted by molar-refractivity contribution is -0.114. The maximum absolute atomic E-state index is 14.1. The summed E-state index contributed by atoms with van der Waals surface area (Å²) < 4.78 is 28.9. The van der Waals surface area contributed by atoms with Crippen molar-refractivity contribution in [2.45, 2.75) is 0 Å². The summed E-state index contributed by atoms with van der Waals surface area (Å²) in [6.45, 7) is -0.231. The van der Waals surface area contributed by atoms with Crippen LogP contribution in [0.3, 0.4) is 0 Å². The first-order valence-electron chi connectivity index (χ1n) is 6.26. The number of aliphatic imine (C=N–C) groups is 1. The van der Waals surface area contributed by atoms with Crippen molar-refractivity contribution >= 4 is 51.5 Å². The van der Waals surface area contributed by atoms with Gasteiger partial charge in [0.05, 0.1) is 22.0 Å². The topological polar surface area (TPSA) is 41.5 Å². The third-order valence-corrected chi connectivity index (χ3v) is 4.80. The summed E-state index contributed by atoms with van der Waals surface area (Å²) >= 11 is 8.30. The van der Waals surface area contributed by atoms with Gasteiger partial charge in [0.25, 0.3) is 0 Å². The number of carbonyl (C=O) groups excluding carboxylic acids is 1. The second-order valence-electron chi connectivity index (χ2n) is 4.59. The average molecular weight is 433 g/mol. The van der Waals surface area contributed by atoms with Gasteiger partial charge in [-0.05, 0) is 46.9 Å². The van der Waals surface area contributed by atoms with E-state index in [9.17, 15) is 13.6 Å². The fourth-order valence-corrected chi connectivity index (χ4v) is 2.94. The molecule has 1 heterocycles. The van der Waals surface area contributed by atoms with Crippen molar-refractivity contribution in [1.82, 2.24) is 0 Å². The van der Waals surface area contributed by atoms with Crippen LogP contribution in [0.1, 0.15) is 11.1 Å². The van der Waals surface area contributed by atoms with Crippen LogP contribution in [0.2, 0.25) is 5.02 Å². The summed E-state index contributed by atoms with van der Waals surface area (Å²) in [5.41, 5.74) is 0.453. The van der Waals surface area contributed by atoms with E-state index in [1.54, 1.807) is 12.1 Å². The van der Waals surface area contributed by atoms with E-state index in [0.29, 0.717) is 19.8 Å². The van der Waals surface area contributed by atoms with Gasteiger partial charge >= 0.3 is 0 Å². The van der Waals surface area contributed by atoms with Gasteiger partial charge in [0.2, 0.25) is 5.91 Å². The van der Waals surface area contributed by atoms with E-state index >= 15 is 0 Å². The zero-order valence-corrected chi connectivity index (χ0v) is 13.9. The molecule has 2 aromatic rings. The number of nitrogens with one attached hydrogen (secondary N) is 1. The molecule has 1 aliphatic heterocycles. The molecule has 0 saturated carbocycles. The first kappa shape index (κ1) is 15.4. The number of carbonyl (C=O) groups is 1. The van der Waals surface area contributed by atoms with Gasteiger partial charge < -0.3 is 5.32 Å². The van der Waals surface area contributed by atoms with Gasteiger partial charge in [0.1, 0.15) is 18.2 Å². The van der Waals surface area contributed by atoms with Crippen LogP contribution in [0.15, 0.2) is 35.3 Å². The van der Waals surface area contributed by atoms with E-state index in [-0.39, 0.29) is 23.7 Å². The number of anilines is 1.